The van der Waals surface area contributed by atoms with Crippen LogP contribution in [0.4, 0.5) is 10.2 Å². The zero-order chi connectivity index (χ0) is 19.6. The molecule has 5 rings (SSSR count). The number of pyridine rings is 1. The van der Waals surface area contributed by atoms with Gasteiger partial charge in [0, 0.05) is 25.2 Å². The summed E-state index contributed by atoms with van der Waals surface area (Å²) in [5.41, 5.74) is 8.98. The summed E-state index contributed by atoms with van der Waals surface area (Å²) in [7, 11) is 1.90. The van der Waals surface area contributed by atoms with Crippen molar-refractivity contribution in [3.05, 3.63) is 30.3 Å². The van der Waals surface area contributed by atoms with Crippen LogP contribution in [0, 0.1) is 5.82 Å². The molecular weight excluding hydrogens is 361 g/mol. The summed E-state index contributed by atoms with van der Waals surface area (Å²) in [5.74, 6) is 0.857. The van der Waals surface area contributed by atoms with Crippen molar-refractivity contribution in [1.29, 1.82) is 0 Å². The number of hydrogen-bond acceptors (Lipinski definition) is 6. The van der Waals surface area contributed by atoms with Crippen LogP contribution < -0.4 is 5.73 Å². The van der Waals surface area contributed by atoms with E-state index in [9.17, 15) is 4.39 Å². The Balaban J connectivity index is 1.84. The van der Waals surface area contributed by atoms with Crippen molar-refractivity contribution in [2.45, 2.75) is 38.6 Å². The Kier molecular flexibility index (Phi) is 3.55. The maximum Gasteiger partial charge on any atom is 0.167 e. The number of nitrogens with zero attached hydrogens (tertiary/aromatic N) is 6. The van der Waals surface area contributed by atoms with Crippen molar-refractivity contribution in [2.24, 2.45) is 7.05 Å². The van der Waals surface area contributed by atoms with E-state index in [1.807, 2.05) is 31.7 Å². The maximum atomic E-state index is 14.6. The second-order valence-corrected chi connectivity index (χ2v) is 7.57. The van der Waals surface area contributed by atoms with Gasteiger partial charge in [-0.05, 0) is 26.7 Å². The van der Waals surface area contributed by atoms with Gasteiger partial charge in [-0.25, -0.2) is 14.4 Å². The van der Waals surface area contributed by atoms with Crippen molar-refractivity contribution in [1.82, 2.24) is 29.5 Å². The first-order valence-electron chi connectivity index (χ1n) is 9.26. The second kappa shape index (κ2) is 5.88. The molecule has 0 aliphatic heterocycles. The zero-order valence-electron chi connectivity index (χ0n) is 15.8. The lowest BCUT2D eigenvalue weighted by molar-refractivity contribution is 0.386. The third-order valence-electron chi connectivity index (χ3n) is 5.05. The van der Waals surface area contributed by atoms with E-state index in [2.05, 4.69) is 20.2 Å². The van der Waals surface area contributed by atoms with Crippen LogP contribution in [0.5, 0.6) is 0 Å². The molecule has 0 spiro atoms. The number of rotatable bonds is 4. The fraction of sp³-hybridized carbons (Fsp3) is 0.368. The van der Waals surface area contributed by atoms with Gasteiger partial charge < -0.3 is 14.8 Å². The monoisotopic (exact) mass is 381 g/mol. The molecule has 0 amide bonds. The normalized spacial score (nSPS) is 14.5. The van der Waals surface area contributed by atoms with Gasteiger partial charge in [-0.3, -0.25) is 4.68 Å². The fourth-order valence-electron chi connectivity index (χ4n) is 3.58. The van der Waals surface area contributed by atoms with E-state index < -0.39 is 5.82 Å². The molecule has 2 N–H and O–H groups in total. The highest BCUT2D eigenvalue weighted by atomic mass is 19.1. The predicted molar refractivity (Wildman–Crippen MR) is 102 cm³/mol. The summed E-state index contributed by atoms with van der Waals surface area (Å²) in [5, 5.41) is 9.43. The highest BCUT2D eigenvalue weighted by Gasteiger charge is 2.35. The summed E-state index contributed by atoms with van der Waals surface area (Å²) in [6.07, 6.45) is 6.86. The standard InChI is InChI=1S/C19H20FN7O/c1-9(2)27-17-11(20)6-22-19(21)14(17)15(24-27)16-13(12-7-26(3)8-23-12)18(28-25-16)10-4-5-10/h6-10H,4-5H2,1-3H3,(H2,21,22). The quantitative estimate of drug-likeness (QED) is 0.579. The van der Waals surface area contributed by atoms with Crippen LogP contribution in [0.3, 0.4) is 0 Å². The lowest BCUT2D eigenvalue weighted by Crippen LogP contribution is -2.04. The molecule has 1 saturated carbocycles. The van der Waals surface area contributed by atoms with Gasteiger partial charge in [0.25, 0.3) is 0 Å². The van der Waals surface area contributed by atoms with Gasteiger partial charge in [0.15, 0.2) is 5.82 Å². The summed E-state index contributed by atoms with van der Waals surface area (Å²) >= 11 is 0. The molecule has 4 aromatic heterocycles. The second-order valence-electron chi connectivity index (χ2n) is 7.57. The zero-order valence-corrected chi connectivity index (χ0v) is 15.8. The van der Waals surface area contributed by atoms with Gasteiger partial charge in [0.2, 0.25) is 0 Å². The van der Waals surface area contributed by atoms with Gasteiger partial charge in [-0.1, -0.05) is 5.16 Å². The van der Waals surface area contributed by atoms with Gasteiger partial charge in [0.1, 0.15) is 28.5 Å². The average Bonchev–Trinajstić information content (AvgIpc) is 3.08. The molecule has 1 fully saturated rings. The Morgan fingerprint density at radius 1 is 1.25 bits per heavy atom. The Bertz CT molecular complexity index is 1200. The molecule has 8 nitrogen and oxygen atoms in total. The number of halogens is 1. The minimum atomic E-state index is -0.470. The van der Waals surface area contributed by atoms with Crippen LogP contribution >= 0.6 is 0 Å². The number of aromatic nitrogens is 6. The number of aryl methyl sites for hydroxylation is 1. The molecule has 0 bridgehead atoms. The minimum Gasteiger partial charge on any atom is -0.383 e. The van der Waals surface area contributed by atoms with E-state index in [0.717, 1.165) is 36.1 Å². The summed E-state index contributed by atoms with van der Waals surface area (Å²) in [6, 6.07) is -0.0688. The minimum absolute atomic E-state index is 0.0688. The molecule has 0 unspecified atom stereocenters. The third kappa shape index (κ3) is 2.42. The summed E-state index contributed by atoms with van der Waals surface area (Å²) in [4.78, 5) is 8.48. The first kappa shape index (κ1) is 16.9. The fourth-order valence-corrected chi connectivity index (χ4v) is 3.58. The Labute approximate surface area is 160 Å². The van der Waals surface area contributed by atoms with Gasteiger partial charge in [-0.15, -0.1) is 0 Å². The SMILES string of the molecule is CC(C)n1nc(-c2noc(C3CC3)c2-c2cn(C)cn2)c2c(N)ncc(F)c21. The highest BCUT2D eigenvalue weighted by molar-refractivity contribution is 6.02. The highest BCUT2D eigenvalue weighted by Crippen LogP contribution is 2.48. The van der Waals surface area contributed by atoms with E-state index in [4.69, 9.17) is 10.3 Å². The molecule has 0 radical (unpaired) electrons. The van der Waals surface area contributed by atoms with Crippen LogP contribution in [-0.4, -0.2) is 29.5 Å². The Hall–Kier alpha value is -3.23. The van der Waals surface area contributed by atoms with Crippen molar-refractivity contribution in [2.75, 3.05) is 5.73 Å². The number of nitrogen functional groups attached to an aromatic ring is 1. The van der Waals surface area contributed by atoms with Crippen LogP contribution in [0.2, 0.25) is 0 Å². The molecule has 4 aromatic rings. The van der Waals surface area contributed by atoms with Crippen LogP contribution in [0.15, 0.2) is 23.2 Å². The summed E-state index contributed by atoms with van der Waals surface area (Å²) in [6.45, 7) is 3.87. The van der Waals surface area contributed by atoms with E-state index in [-0.39, 0.29) is 11.9 Å². The first-order valence-corrected chi connectivity index (χ1v) is 9.26. The predicted octanol–water partition coefficient (Wildman–Crippen LogP) is 3.67. The molecule has 4 heterocycles. The molecule has 0 saturated heterocycles. The molecule has 144 valence electrons. The van der Waals surface area contributed by atoms with E-state index in [1.165, 1.54) is 0 Å². The number of imidazole rings is 1. The molecule has 0 aromatic carbocycles. The van der Waals surface area contributed by atoms with Crippen molar-refractivity contribution < 1.29 is 8.91 Å². The Morgan fingerprint density at radius 3 is 2.68 bits per heavy atom. The van der Waals surface area contributed by atoms with Gasteiger partial charge in [0.05, 0.1) is 29.2 Å². The van der Waals surface area contributed by atoms with Crippen molar-refractivity contribution in [3.63, 3.8) is 0 Å². The topological polar surface area (TPSA) is 101 Å². The number of nitrogens with two attached hydrogens (primary N) is 1. The lowest BCUT2D eigenvalue weighted by Gasteiger charge is -2.07. The first-order chi connectivity index (χ1) is 13.5. The van der Waals surface area contributed by atoms with Crippen LogP contribution in [0.1, 0.15) is 44.4 Å². The molecule has 1 aliphatic carbocycles. The van der Waals surface area contributed by atoms with Gasteiger partial charge in [-0.2, -0.15) is 5.10 Å². The van der Waals surface area contributed by atoms with Crippen molar-refractivity contribution in [3.8, 4) is 22.6 Å². The lowest BCUT2D eigenvalue weighted by atomic mass is 10.0. The third-order valence-corrected chi connectivity index (χ3v) is 5.05. The average molecular weight is 381 g/mol. The number of hydrogen-bond donors (Lipinski definition) is 1. The molecule has 0 atom stereocenters. The summed E-state index contributed by atoms with van der Waals surface area (Å²) < 4.78 is 23.9. The molecule has 1 aliphatic rings. The van der Waals surface area contributed by atoms with E-state index in [1.54, 1.807) is 11.0 Å². The van der Waals surface area contributed by atoms with Crippen LogP contribution in [0.25, 0.3) is 33.5 Å². The number of fused-ring (bicyclic) bond motifs is 1. The Morgan fingerprint density at radius 2 is 2.04 bits per heavy atom. The molecule has 28 heavy (non-hydrogen) atoms. The molecular formula is C19H20FN7O. The smallest absolute Gasteiger partial charge is 0.167 e. The van der Waals surface area contributed by atoms with E-state index in [0.29, 0.717) is 28.2 Å². The van der Waals surface area contributed by atoms with Crippen LogP contribution in [-0.2, 0) is 7.05 Å². The number of anilines is 1. The van der Waals surface area contributed by atoms with Gasteiger partial charge >= 0.3 is 0 Å². The largest absolute Gasteiger partial charge is 0.383 e. The molecule has 9 heteroatoms. The van der Waals surface area contributed by atoms with Crippen molar-refractivity contribution >= 4 is 16.7 Å². The van der Waals surface area contributed by atoms with E-state index >= 15 is 0 Å². The maximum absolute atomic E-state index is 14.6.